The molecule has 0 bridgehead atoms. The van der Waals surface area contributed by atoms with Gasteiger partial charge in [-0.05, 0) is 39.2 Å². The third kappa shape index (κ3) is 7.37. The van der Waals surface area contributed by atoms with Gasteiger partial charge in [0, 0.05) is 31.3 Å². The standard InChI is InChI=1S/C27H35N7O5S/c1-18(35)11-15-39-25-22(16-19(37-4)17-23(25)38-5)30-26-27(29-21-9-7-6-8-20(21)28-26)32-40(36)24-10-12-34(31-24)14-13-33(2)3/h6-10,12,16-18,35H,11,13-15H2,1-5H3,(H,28,30)(H,29,32). The Labute approximate surface area is 235 Å². The summed E-state index contributed by atoms with van der Waals surface area (Å²) in [6.45, 7) is 3.42. The van der Waals surface area contributed by atoms with Crippen LogP contribution < -0.4 is 24.2 Å². The molecule has 0 radical (unpaired) electrons. The molecule has 0 aliphatic heterocycles. The molecule has 0 saturated carbocycles. The summed E-state index contributed by atoms with van der Waals surface area (Å²) in [5.41, 5.74) is 1.76. The lowest BCUT2D eigenvalue weighted by Gasteiger charge is -2.19. The van der Waals surface area contributed by atoms with E-state index in [9.17, 15) is 9.32 Å². The van der Waals surface area contributed by atoms with Crippen LogP contribution in [0.15, 0.2) is 53.7 Å². The summed E-state index contributed by atoms with van der Waals surface area (Å²) in [5, 5.41) is 17.8. The first-order valence-corrected chi connectivity index (χ1v) is 13.9. The zero-order chi connectivity index (χ0) is 28.6. The summed E-state index contributed by atoms with van der Waals surface area (Å²) in [6.07, 6.45) is 1.70. The molecule has 2 atom stereocenters. The normalized spacial score (nSPS) is 12.8. The number of methoxy groups -OCH3 is 2. The Hall–Kier alpha value is -3.94. The van der Waals surface area contributed by atoms with Crippen LogP contribution in [0, 0.1) is 0 Å². The number of rotatable bonds is 14. The maximum absolute atomic E-state index is 13.3. The number of anilines is 3. The fourth-order valence-electron chi connectivity index (χ4n) is 3.71. The second-order valence-electron chi connectivity index (χ2n) is 9.32. The van der Waals surface area contributed by atoms with Crippen molar-refractivity contribution in [3.05, 3.63) is 48.7 Å². The Kier molecular flexibility index (Phi) is 9.74. The van der Waals surface area contributed by atoms with Crippen molar-refractivity contribution in [3.8, 4) is 17.2 Å². The van der Waals surface area contributed by atoms with Gasteiger partial charge in [0.2, 0.25) is 0 Å². The van der Waals surface area contributed by atoms with E-state index in [-0.39, 0.29) is 12.4 Å². The number of nitrogens with zero attached hydrogens (tertiary/aromatic N) is 5. The van der Waals surface area contributed by atoms with Crippen molar-refractivity contribution >= 4 is 39.3 Å². The minimum absolute atomic E-state index is 0.254. The molecule has 0 aliphatic carbocycles. The van der Waals surface area contributed by atoms with Crippen molar-refractivity contribution in [1.29, 1.82) is 0 Å². The molecule has 0 amide bonds. The second-order valence-corrected chi connectivity index (χ2v) is 10.5. The van der Waals surface area contributed by atoms with Gasteiger partial charge < -0.3 is 29.5 Å². The number of ether oxygens (including phenoxy) is 3. The molecule has 4 aromatic rings. The number of hydrogen-bond donors (Lipinski definition) is 3. The molecule has 2 aromatic carbocycles. The Morgan fingerprint density at radius 1 is 1.07 bits per heavy atom. The fourth-order valence-corrected chi connectivity index (χ4v) is 4.50. The van der Waals surface area contributed by atoms with Gasteiger partial charge in [-0.2, -0.15) is 5.10 Å². The molecule has 0 aliphatic rings. The molecular formula is C27H35N7O5S. The molecule has 2 heterocycles. The third-order valence-electron chi connectivity index (χ3n) is 5.86. The highest BCUT2D eigenvalue weighted by atomic mass is 32.2. The maximum Gasteiger partial charge on any atom is 0.184 e. The summed E-state index contributed by atoms with van der Waals surface area (Å²) in [7, 11) is 5.34. The average Bonchev–Trinajstić information content (AvgIpc) is 3.42. The number of likely N-dealkylation sites (N-methyl/N-ethyl adjacent to an activating group) is 1. The molecule has 4 rings (SSSR count). The van der Waals surface area contributed by atoms with Gasteiger partial charge in [0.1, 0.15) is 5.75 Å². The molecular weight excluding hydrogens is 534 g/mol. The van der Waals surface area contributed by atoms with Gasteiger partial charge in [0.05, 0.1) is 50.2 Å². The lowest BCUT2D eigenvalue weighted by atomic mass is 10.2. The van der Waals surface area contributed by atoms with Gasteiger partial charge in [-0.15, -0.1) is 0 Å². The van der Waals surface area contributed by atoms with E-state index in [0.717, 1.165) is 6.54 Å². The first-order valence-electron chi connectivity index (χ1n) is 12.7. The van der Waals surface area contributed by atoms with E-state index in [2.05, 4.69) is 20.0 Å². The predicted octanol–water partition coefficient (Wildman–Crippen LogP) is 3.43. The van der Waals surface area contributed by atoms with Gasteiger partial charge in [-0.3, -0.25) is 9.40 Å². The molecule has 3 N–H and O–H groups in total. The van der Waals surface area contributed by atoms with E-state index in [0.29, 0.717) is 57.8 Å². The number of aliphatic hydroxyl groups excluding tert-OH is 1. The molecule has 0 fully saturated rings. The van der Waals surface area contributed by atoms with E-state index in [1.807, 2.05) is 38.4 Å². The van der Waals surface area contributed by atoms with Crippen LogP contribution in [0.5, 0.6) is 17.2 Å². The van der Waals surface area contributed by atoms with Gasteiger partial charge >= 0.3 is 0 Å². The molecule has 2 aromatic heterocycles. The molecule has 0 saturated heterocycles. The van der Waals surface area contributed by atoms with Crippen LogP contribution in [-0.2, 0) is 17.5 Å². The van der Waals surface area contributed by atoms with Crippen molar-refractivity contribution in [3.63, 3.8) is 0 Å². The largest absolute Gasteiger partial charge is 0.497 e. The van der Waals surface area contributed by atoms with Crippen molar-refractivity contribution in [1.82, 2.24) is 24.6 Å². The zero-order valence-electron chi connectivity index (χ0n) is 23.2. The summed E-state index contributed by atoms with van der Waals surface area (Å²) in [6, 6.07) is 12.5. The average molecular weight is 570 g/mol. The third-order valence-corrected chi connectivity index (χ3v) is 6.84. The van der Waals surface area contributed by atoms with Crippen LogP contribution in [0.1, 0.15) is 13.3 Å². The number of fused-ring (bicyclic) bond motifs is 1. The Morgan fingerprint density at radius 3 is 2.45 bits per heavy atom. The first kappa shape index (κ1) is 29.1. The van der Waals surface area contributed by atoms with Crippen molar-refractivity contribution in [2.45, 2.75) is 31.0 Å². The van der Waals surface area contributed by atoms with Crippen LogP contribution in [0.4, 0.5) is 17.3 Å². The highest BCUT2D eigenvalue weighted by Crippen LogP contribution is 2.41. The van der Waals surface area contributed by atoms with Crippen LogP contribution in [0.3, 0.4) is 0 Å². The van der Waals surface area contributed by atoms with Crippen molar-refractivity contribution in [2.24, 2.45) is 0 Å². The van der Waals surface area contributed by atoms with Gasteiger partial charge in [0.15, 0.2) is 39.1 Å². The quantitative estimate of drug-likeness (QED) is 0.207. The number of hydrogen-bond acceptors (Lipinski definition) is 10. The number of benzene rings is 2. The summed E-state index contributed by atoms with van der Waals surface area (Å²) >= 11 is 0. The summed E-state index contributed by atoms with van der Waals surface area (Å²) < 4.78 is 35.1. The number of para-hydroxylation sites is 2. The minimum Gasteiger partial charge on any atom is -0.497 e. The highest BCUT2D eigenvalue weighted by molar-refractivity contribution is 7.86. The van der Waals surface area contributed by atoms with Crippen molar-refractivity contribution < 1.29 is 23.5 Å². The molecule has 214 valence electrons. The van der Waals surface area contributed by atoms with Crippen LogP contribution in [0.25, 0.3) is 11.0 Å². The topological polar surface area (TPSA) is 136 Å². The minimum atomic E-state index is -1.71. The van der Waals surface area contributed by atoms with E-state index in [1.54, 1.807) is 43.1 Å². The summed E-state index contributed by atoms with van der Waals surface area (Å²) in [4.78, 5) is 11.5. The Bertz CT molecular complexity index is 1460. The smallest absolute Gasteiger partial charge is 0.184 e. The van der Waals surface area contributed by atoms with Gasteiger partial charge in [0.25, 0.3) is 0 Å². The number of aromatic nitrogens is 4. The zero-order valence-corrected chi connectivity index (χ0v) is 24.1. The van der Waals surface area contributed by atoms with E-state index in [1.165, 1.54) is 7.11 Å². The molecule has 0 spiro atoms. The lowest BCUT2D eigenvalue weighted by Crippen LogP contribution is -2.19. The molecule has 2 unspecified atom stereocenters. The highest BCUT2D eigenvalue weighted by Gasteiger charge is 2.19. The van der Waals surface area contributed by atoms with E-state index >= 15 is 0 Å². The number of nitrogens with one attached hydrogen (secondary N) is 2. The summed E-state index contributed by atoms with van der Waals surface area (Å²) in [5.74, 6) is 1.94. The fraction of sp³-hybridized carbons (Fsp3) is 0.370. The SMILES string of the molecule is COc1cc(Nc2nc3ccccc3nc2NS(=O)c2ccn(CCN(C)C)n2)c(OCCC(C)O)c(OC)c1. The van der Waals surface area contributed by atoms with Crippen molar-refractivity contribution in [2.75, 3.05) is 51.5 Å². The van der Waals surface area contributed by atoms with E-state index < -0.39 is 17.1 Å². The molecule has 13 heteroatoms. The first-order chi connectivity index (χ1) is 19.3. The Morgan fingerprint density at radius 2 is 1.80 bits per heavy atom. The predicted molar refractivity (Wildman–Crippen MR) is 155 cm³/mol. The second kappa shape index (κ2) is 13.4. The van der Waals surface area contributed by atoms with Gasteiger partial charge in [-0.25, -0.2) is 14.2 Å². The van der Waals surface area contributed by atoms with Crippen LogP contribution >= 0.6 is 0 Å². The maximum atomic E-state index is 13.3. The van der Waals surface area contributed by atoms with Gasteiger partial charge in [-0.1, -0.05) is 12.1 Å². The Balaban J connectivity index is 1.69. The van der Waals surface area contributed by atoms with E-state index in [4.69, 9.17) is 24.2 Å². The lowest BCUT2D eigenvalue weighted by molar-refractivity contribution is 0.154. The monoisotopic (exact) mass is 569 g/mol. The molecule has 40 heavy (non-hydrogen) atoms. The molecule has 12 nitrogen and oxygen atoms in total. The number of aliphatic hydroxyl groups is 1. The van der Waals surface area contributed by atoms with Crippen LogP contribution in [0.2, 0.25) is 0 Å². The van der Waals surface area contributed by atoms with Crippen LogP contribution in [-0.4, -0.2) is 81.5 Å².